The molecule has 0 aliphatic carbocycles. The Morgan fingerprint density at radius 1 is 1.15 bits per heavy atom. The molecule has 0 aliphatic rings. The summed E-state index contributed by atoms with van der Waals surface area (Å²) >= 11 is 0. The molecule has 0 bridgehead atoms. The molecule has 3 aromatic rings. The van der Waals surface area contributed by atoms with Crippen LogP contribution in [0.3, 0.4) is 0 Å². The third kappa shape index (κ3) is 2.25. The zero-order valence-electron chi connectivity index (χ0n) is 11.1. The molecular weight excluding hydrogens is 254 g/mol. The SMILES string of the molecule is COc1ccc(COc2cccc3[nH]nc(N)c23)cc1. The third-order valence-electron chi connectivity index (χ3n) is 3.13. The number of hydrogen-bond acceptors (Lipinski definition) is 4. The fourth-order valence-corrected chi connectivity index (χ4v) is 2.07. The van der Waals surface area contributed by atoms with Gasteiger partial charge in [0.25, 0.3) is 0 Å². The Hall–Kier alpha value is -2.69. The van der Waals surface area contributed by atoms with Gasteiger partial charge >= 0.3 is 0 Å². The van der Waals surface area contributed by atoms with Gasteiger partial charge in [0.2, 0.25) is 0 Å². The smallest absolute Gasteiger partial charge is 0.156 e. The monoisotopic (exact) mass is 269 g/mol. The van der Waals surface area contributed by atoms with Crippen molar-refractivity contribution in [3.05, 3.63) is 48.0 Å². The number of ether oxygens (including phenoxy) is 2. The van der Waals surface area contributed by atoms with E-state index in [9.17, 15) is 0 Å². The van der Waals surface area contributed by atoms with Crippen molar-refractivity contribution in [1.82, 2.24) is 10.2 Å². The van der Waals surface area contributed by atoms with E-state index in [0.717, 1.165) is 28.0 Å². The number of anilines is 1. The standard InChI is InChI=1S/C15H15N3O2/c1-19-11-7-5-10(6-8-11)9-20-13-4-2-3-12-14(13)15(16)18-17-12/h2-8H,9H2,1H3,(H3,16,17,18). The first-order valence-electron chi connectivity index (χ1n) is 6.26. The first kappa shape index (κ1) is 12.3. The van der Waals surface area contributed by atoms with Crippen molar-refractivity contribution in [2.24, 2.45) is 0 Å². The number of nitrogens with one attached hydrogen (secondary N) is 1. The quantitative estimate of drug-likeness (QED) is 0.763. The number of nitrogen functional groups attached to an aromatic ring is 1. The maximum atomic E-state index is 5.84. The van der Waals surface area contributed by atoms with E-state index in [-0.39, 0.29) is 0 Å². The number of benzene rings is 2. The summed E-state index contributed by atoms with van der Waals surface area (Å²) in [6.45, 7) is 0.466. The molecule has 0 saturated heterocycles. The molecule has 3 rings (SSSR count). The lowest BCUT2D eigenvalue weighted by Gasteiger charge is -2.08. The topological polar surface area (TPSA) is 73.2 Å². The molecule has 2 aromatic carbocycles. The Morgan fingerprint density at radius 2 is 1.95 bits per heavy atom. The molecule has 5 heteroatoms. The number of fused-ring (bicyclic) bond motifs is 1. The number of H-pyrrole nitrogens is 1. The van der Waals surface area contributed by atoms with Crippen molar-refractivity contribution in [2.45, 2.75) is 6.61 Å². The highest BCUT2D eigenvalue weighted by Gasteiger charge is 2.08. The molecule has 0 amide bonds. The van der Waals surface area contributed by atoms with Gasteiger partial charge in [-0.3, -0.25) is 5.10 Å². The van der Waals surface area contributed by atoms with Gasteiger partial charge in [0.15, 0.2) is 5.82 Å². The second-order valence-corrected chi connectivity index (χ2v) is 4.42. The van der Waals surface area contributed by atoms with E-state index in [1.807, 2.05) is 42.5 Å². The van der Waals surface area contributed by atoms with E-state index in [0.29, 0.717) is 12.4 Å². The van der Waals surface area contributed by atoms with Gasteiger partial charge in [0, 0.05) is 0 Å². The second kappa shape index (κ2) is 5.13. The van der Waals surface area contributed by atoms with Gasteiger partial charge < -0.3 is 15.2 Å². The Kier molecular flexibility index (Phi) is 3.16. The van der Waals surface area contributed by atoms with Crippen LogP contribution >= 0.6 is 0 Å². The summed E-state index contributed by atoms with van der Waals surface area (Å²) in [5.41, 5.74) is 7.78. The Morgan fingerprint density at radius 3 is 2.70 bits per heavy atom. The summed E-state index contributed by atoms with van der Waals surface area (Å²) in [6.07, 6.45) is 0. The average Bonchev–Trinajstić information content (AvgIpc) is 2.88. The molecule has 0 atom stereocenters. The van der Waals surface area contributed by atoms with Crippen molar-refractivity contribution < 1.29 is 9.47 Å². The minimum absolute atomic E-state index is 0.449. The molecule has 20 heavy (non-hydrogen) atoms. The highest BCUT2D eigenvalue weighted by Crippen LogP contribution is 2.29. The fourth-order valence-electron chi connectivity index (χ4n) is 2.07. The molecular formula is C15H15N3O2. The zero-order valence-corrected chi connectivity index (χ0v) is 11.1. The van der Waals surface area contributed by atoms with E-state index in [4.69, 9.17) is 15.2 Å². The summed E-state index contributed by atoms with van der Waals surface area (Å²) < 4.78 is 11.0. The van der Waals surface area contributed by atoms with Crippen molar-refractivity contribution in [3.8, 4) is 11.5 Å². The van der Waals surface area contributed by atoms with Crippen molar-refractivity contribution in [1.29, 1.82) is 0 Å². The number of nitrogens with two attached hydrogens (primary N) is 1. The highest BCUT2D eigenvalue weighted by molar-refractivity contribution is 5.94. The lowest BCUT2D eigenvalue weighted by Crippen LogP contribution is -1.96. The zero-order chi connectivity index (χ0) is 13.9. The lowest BCUT2D eigenvalue weighted by molar-refractivity contribution is 0.310. The highest BCUT2D eigenvalue weighted by atomic mass is 16.5. The molecule has 0 fully saturated rings. The predicted octanol–water partition coefficient (Wildman–Crippen LogP) is 2.73. The van der Waals surface area contributed by atoms with E-state index >= 15 is 0 Å². The minimum atomic E-state index is 0.449. The molecule has 0 aliphatic heterocycles. The summed E-state index contributed by atoms with van der Waals surface area (Å²) in [4.78, 5) is 0. The van der Waals surface area contributed by atoms with Gasteiger partial charge in [-0.05, 0) is 29.8 Å². The normalized spacial score (nSPS) is 10.7. The Labute approximate surface area is 116 Å². The first-order valence-corrected chi connectivity index (χ1v) is 6.26. The average molecular weight is 269 g/mol. The minimum Gasteiger partial charge on any atom is -0.497 e. The molecule has 1 aromatic heterocycles. The van der Waals surface area contributed by atoms with Gasteiger partial charge in [0.1, 0.15) is 18.1 Å². The van der Waals surface area contributed by atoms with E-state index in [2.05, 4.69) is 10.2 Å². The maximum absolute atomic E-state index is 5.84. The number of nitrogens with zero attached hydrogens (tertiary/aromatic N) is 1. The van der Waals surface area contributed by atoms with E-state index in [1.54, 1.807) is 7.11 Å². The molecule has 0 saturated carbocycles. The van der Waals surface area contributed by atoms with Crippen LogP contribution in [0, 0.1) is 0 Å². The summed E-state index contributed by atoms with van der Waals surface area (Å²) in [7, 11) is 1.65. The van der Waals surface area contributed by atoms with Crippen LogP contribution in [0.15, 0.2) is 42.5 Å². The number of methoxy groups -OCH3 is 1. The maximum Gasteiger partial charge on any atom is 0.156 e. The molecule has 5 nitrogen and oxygen atoms in total. The lowest BCUT2D eigenvalue weighted by atomic mass is 10.2. The molecule has 0 radical (unpaired) electrons. The number of hydrogen-bond donors (Lipinski definition) is 2. The van der Waals surface area contributed by atoms with Gasteiger partial charge in [-0.2, -0.15) is 5.10 Å². The van der Waals surface area contributed by atoms with Crippen LogP contribution in [0.1, 0.15) is 5.56 Å². The van der Waals surface area contributed by atoms with Crippen LogP contribution in [0.5, 0.6) is 11.5 Å². The largest absolute Gasteiger partial charge is 0.497 e. The first-order chi connectivity index (χ1) is 9.78. The molecule has 0 unspecified atom stereocenters. The van der Waals surface area contributed by atoms with Crippen LogP contribution in [0.4, 0.5) is 5.82 Å². The number of aromatic amines is 1. The number of aromatic nitrogens is 2. The van der Waals surface area contributed by atoms with Crippen molar-refractivity contribution in [2.75, 3.05) is 12.8 Å². The predicted molar refractivity (Wildman–Crippen MR) is 77.8 cm³/mol. The van der Waals surface area contributed by atoms with Crippen molar-refractivity contribution in [3.63, 3.8) is 0 Å². The molecule has 3 N–H and O–H groups in total. The van der Waals surface area contributed by atoms with Gasteiger partial charge in [0.05, 0.1) is 18.0 Å². The van der Waals surface area contributed by atoms with E-state index < -0.39 is 0 Å². The van der Waals surface area contributed by atoms with Crippen LogP contribution in [0.2, 0.25) is 0 Å². The van der Waals surface area contributed by atoms with Gasteiger partial charge in [-0.15, -0.1) is 0 Å². The van der Waals surface area contributed by atoms with Gasteiger partial charge in [-0.1, -0.05) is 18.2 Å². The van der Waals surface area contributed by atoms with Gasteiger partial charge in [-0.25, -0.2) is 0 Å². The summed E-state index contributed by atoms with van der Waals surface area (Å²) in [5.74, 6) is 2.00. The summed E-state index contributed by atoms with van der Waals surface area (Å²) in [5, 5.41) is 7.68. The Bertz CT molecular complexity index is 720. The van der Waals surface area contributed by atoms with Crippen LogP contribution in [-0.4, -0.2) is 17.3 Å². The van der Waals surface area contributed by atoms with Crippen LogP contribution in [0.25, 0.3) is 10.9 Å². The van der Waals surface area contributed by atoms with Crippen molar-refractivity contribution >= 4 is 16.7 Å². The molecule has 102 valence electrons. The Balaban J connectivity index is 1.81. The van der Waals surface area contributed by atoms with Crippen LogP contribution in [-0.2, 0) is 6.61 Å². The summed E-state index contributed by atoms with van der Waals surface area (Å²) in [6, 6.07) is 13.5. The van der Waals surface area contributed by atoms with E-state index in [1.165, 1.54) is 0 Å². The second-order valence-electron chi connectivity index (χ2n) is 4.42. The molecule has 1 heterocycles. The third-order valence-corrected chi connectivity index (χ3v) is 3.13. The fraction of sp³-hybridized carbons (Fsp3) is 0.133. The number of rotatable bonds is 4. The molecule has 0 spiro atoms. The van der Waals surface area contributed by atoms with Crippen LogP contribution < -0.4 is 15.2 Å².